The number of nitrogens with zero attached hydrogens (tertiary/aromatic N) is 2. The summed E-state index contributed by atoms with van der Waals surface area (Å²) in [4.78, 5) is 0. The summed E-state index contributed by atoms with van der Waals surface area (Å²) >= 11 is 9.45. The molecule has 30 heavy (non-hydrogen) atoms. The molecule has 148 valence electrons. The number of methoxy groups -OCH3 is 1. The molecule has 3 aromatic carbocycles. The first-order valence-electron chi connectivity index (χ1n) is 8.91. The number of allylic oxidation sites excluding steroid dienone is 1. The van der Waals surface area contributed by atoms with Crippen LogP contribution in [0.1, 0.15) is 22.3 Å². The third kappa shape index (κ3) is 5.21. The molecule has 0 aliphatic rings. The van der Waals surface area contributed by atoms with Gasteiger partial charge in [0.2, 0.25) is 0 Å². The van der Waals surface area contributed by atoms with E-state index in [1.165, 1.54) is 0 Å². The van der Waals surface area contributed by atoms with Crippen LogP contribution < -0.4 is 9.47 Å². The zero-order valence-electron chi connectivity index (χ0n) is 16.0. The minimum absolute atomic E-state index is 0.353. The van der Waals surface area contributed by atoms with E-state index in [4.69, 9.17) is 26.3 Å². The lowest BCUT2D eigenvalue weighted by atomic mass is 10.0. The van der Waals surface area contributed by atoms with E-state index in [-0.39, 0.29) is 0 Å². The van der Waals surface area contributed by atoms with E-state index in [9.17, 15) is 5.26 Å². The predicted molar refractivity (Wildman–Crippen MR) is 121 cm³/mol. The number of benzene rings is 3. The van der Waals surface area contributed by atoms with Crippen LogP contribution in [-0.4, -0.2) is 7.11 Å². The second-order valence-corrected chi connectivity index (χ2v) is 7.60. The molecule has 0 heterocycles. The minimum atomic E-state index is 0.353. The van der Waals surface area contributed by atoms with Gasteiger partial charge >= 0.3 is 0 Å². The monoisotopic (exact) mass is 478 g/mol. The SMILES string of the molecule is COc1cc(C=C(C#N)c2cccc(C#N)c2)cc(Br)c1OCc1ccc(Cl)cc1. The van der Waals surface area contributed by atoms with Crippen molar-refractivity contribution in [3.8, 4) is 23.6 Å². The maximum Gasteiger partial charge on any atom is 0.175 e. The van der Waals surface area contributed by atoms with Crippen LogP contribution in [0, 0.1) is 22.7 Å². The summed E-state index contributed by atoms with van der Waals surface area (Å²) in [6.07, 6.45) is 1.74. The molecule has 0 unspecified atom stereocenters. The predicted octanol–water partition coefficient (Wildman–Crippen LogP) is 6.63. The van der Waals surface area contributed by atoms with Gasteiger partial charge in [0, 0.05) is 5.02 Å². The fourth-order valence-corrected chi connectivity index (χ4v) is 3.50. The van der Waals surface area contributed by atoms with Crippen LogP contribution in [0.15, 0.2) is 65.1 Å². The summed E-state index contributed by atoms with van der Waals surface area (Å²) in [6, 6.07) is 22.3. The van der Waals surface area contributed by atoms with E-state index in [0.29, 0.717) is 44.3 Å². The van der Waals surface area contributed by atoms with Crippen LogP contribution in [0.5, 0.6) is 11.5 Å². The van der Waals surface area contributed by atoms with Gasteiger partial charge < -0.3 is 9.47 Å². The maximum atomic E-state index is 9.61. The molecule has 4 nitrogen and oxygen atoms in total. The molecular formula is C24H16BrClN2O2. The fourth-order valence-electron chi connectivity index (χ4n) is 2.80. The van der Waals surface area contributed by atoms with Crippen LogP contribution in [0.3, 0.4) is 0 Å². The van der Waals surface area contributed by atoms with Gasteiger partial charge in [-0.15, -0.1) is 0 Å². The van der Waals surface area contributed by atoms with E-state index in [1.807, 2.05) is 30.3 Å². The zero-order valence-corrected chi connectivity index (χ0v) is 18.4. The normalized spacial score (nSPS) is 10.8. The molecule has 0 spiro atoms. The first kappa shape index (κ1) is 21.5. The number of hydrogen-bond acceptors (Lipinski definition) is 4. The molecule has 0 radical (unpaired) electrons. The summed E-state index contributed by atoms with van der Waals surface area (Å²) in [5.74, 6) is 1.10. The topological polar surface area (TPSA) is 66.0 Å². The van der Waals surface area contributed by atoms with E-state index >= 15 is 0 Å². The molecule has 0 saturated carbocycles. The molecule has 0 aromatic heterocycles. The second kappa shape index (κ2) is 9.98. The van der Waals surface area contributed by atoms with E-state index in [0.717, 1.165) is 11.1 Å². The molecule has 0 saturated heterocycles. The highest BCUT2D eigenvalue weighted by molar-refractivity contribution is 9.10. The molecule has 0 bridgehead atoms. The van der Waals surface area contributed by atoms with E-state index in [1.54, 1.807) is 43.5 Å². The summed E-state index contributed by atoms with van der Waals surface area (Å²) in [6.45, 7) is 0.353. The van der Waals surface area contributed by atoms with Gasteiger partial charge in [-0.3, -0.25) is 0 Å². The van der Waals surface area contributed by atoms with Crippen molar-refractivity contribution >= 4 is 39.2 Å². The Kier molecular flexibility index (Phi) is 7.14. The molecule has 3 aromatic rings. The first-order valence-corrected chi connectivity index (χ1v) is 10.1. The Bertz CT molecular complexity index is 1180. The number of halogens is 2. The number of ether oxygens (including phenoxy) is 2. The van der Waals surface area contributed by atoms with Crippen LogP contribution >= 0.6 is 27.5 Å². The number of rotatable bonds is 6. The van der Waals surface area contributed by atoms with E-state index in [2.05, 4.69) is 28.1 Å². The molecule has 0 atom stereocenters. The largest absolute Gasteiger partial charge is 0.493 e. The molecule has 0 fully saturated rings. The van der Waals surface area contributed by atoms with Gasteiger partial charge in [0.25, 0.3) is 0 Å². The van der Waals surface area contributed by atoms with Crippen LogP contribution in [-0.2, 0) is 6.61 Å². The smallest absolute Gasteiger partial charge is 0.175 e. The Labute approximate surface area is 188 Å². The highest BCUT2D eigenvalue weighted by Crippen LogP contribution is 2.38. The van der Waals surface area contributed by atoms with Crippen LogP contribution in [0.2, 0.25) is 5.02 Å². The van der Waals surface area contributed by atoms with Crippen molar-refractivity contribution in [2.75, 3.05) is 7.11 Å². The summed E-state index contributed by atoms with van der Waals surface area (Å²) in [7, 11) is 1.56. The highest BCUT2D eigenvalue weighted by Gasteiger charge is 2.12. The molecule has 3 rings (SSSR count). The van der Waals surface area contributed by atoms with Crippen molar-refractivity contribution in [2.24, 2.45) is 0 Å². The minimum Gasteiger partial charge on any atom is -0.493 e. The summed E-state index contributed by atoms with van der Waals surface area (Å²) < 4.78 is 12.1. The summed E-state index contributed by atoms with van der Waals surface area (Å²) in [5, 5.41) is 19.4. The standard InChI is InChI=1S/C24H16BrClN2O2/c1-29-23-12-18(10-20(14-28)19-4-2-3-17(9-19)13-27)11-22(25)24(23)30-15-16-5-7-21(26)8-6-16/h2-12H,15H2,1H3. The molecule has 0 aliphatic carbocycles. The van der Waals surface area contributed by atoms with Gasteiger partial charge in [0.05, 0.1) is 34.9 Å². The lowest BCUT2D eigenvalue weighted by molar-refractivity contribution is 0.282. The molecule has 0 amide bonds. The molecule has 0 N–H and O–H groups in total. The van der Waals surface area contributed by atoms with Crippen molar-refractivity contribution in [3.05, 3.63) is 92.4 Å². The third-order valence-corrected chi connectivity index (χ3v) is 5.12. The summed E-state index contributed by atoms with van der Waals surface area (Å²) in [5.41, 5.74) is 3.35. The van der Waals surface area contributed by atoms with Crippen LogP contribution in [0.4, 0.5) is 0 Å². The third-order valence-electron chi connectivity index (χ3n) is 4.28. The Morgan fingerprint density at radius 2 is 1.87 bits per heavy atom. The highest BCUT2D eigenvalue weighted by atomic mass is 79.9. The Morgan fingerprint density at radius 1 is 1.10 bits per heavy atom. The van der Waals surface area contributed by atoms with Gasteiger partial charge in [0.15, 0.2) is 11.5 Å². The lowest BCUT2D eigenvalue weighted by Crippen LogP contribution is -1.99. The molecule has 0 aliphatic heterocycles. The zero-order chi connectivity index (χ0) is 21.5. The van der Waals surface area contributed by atoms with E-state index < -0.39 is 0 Å². The lowest BCUT2D eigenvalue weighted by Gasteiger charge is -2.14. The van der Waals surface area contributed by atoms with Gasteiger partial charge in [-0.25, -0.2) is 0 Å². The molecular weight excluding hydrogens is 464 g/mol. The Hall–Kier alpha value is -3.25. The average molecular weight is 480 g/mol. The van der Waals surface area contributed by atoms with Crippen LogP contribution in [0.25, 0.3) is 11.6 Å². The quantitative estimate of drug-likeness (QED) is 0.294. The van der Waals surface area contributed by atoms with Gasteiger partial charge in [0.1, 0.15) is 6.61 Å². The fraction of sp³-hybridized carbons (Fsp3) is 0.0833. The first-order chi connectivity index (χ1) is 14.5. The van der Waals surface area contributed by atoms with Crippen molar-refractivity contribution < 1.29 is 9.47 Å². The average Bonchev–Trinajstić information content (AvgIpc) is 2.77. The van der Waals surface area contributed by atoms with Gasteiger partial charge in [-0.05, 0) is 75.1 Å². The molecule has 6 heteroatoms. The van der Waals surface area contributed by atoms with Gasteiger partial charge in [-0.1, -0.05) is 35.9 Å². The van der Waals surface area contributed by atoms with Gasteiger partial charge in [-0.2, -0.15) is 10.5 Å². The Balaban J connectivity index is 1.90. The number of hydrogen-bond donors (Lipinski definition) is 0. The van der Waals surface area contributed by atoms with Crippen molar-refractivity contribution in [1.82, 2.24) is 0 Å². The maximum absolute atomic E-state index is 9.61. The van der Waals surface area contributed by atoms with Crippen molar-refractivity contribution in [3.63, 3.8) is 0 Å². The van der Waals surface area contributed by atoms with Crippen molar-refractivity contribution in [1.29, 1.82) is 10.5 Å². The number of nitriles is 2. The Morgan fingerprint density at radius 3 is 2.53 bits per heavy atom. The van der Waals surface area contributed by atoms with Crippen molar-refractivity contribution in [2.45, 2.75) is 6.61 Å². The second-order valence-electron chi connectivity index (χ2n) is 6.31.